The van der Waals surface area contributed by atoms with Gasteiger partial charge < -0.3 is 11.1 Å². The zero-order valence-corrected chi connectivity index (χ0v) is 9.43. The van der Waals surface area contributed by atoms with Crippen molar-refractivity contribution in [1.82, 2.24) is 4.98 Å². The van der Waals surface area contributed by atoms with Gasteiger partial charge in [0.1, 0.15) is 5.82 Å². The maximum absolute atomic E-state index is 12.8. The first kappa shape index (κ1) is 10.9. The van der Waals surface area contributed by atoms with E-state index in [1.165, 1.54) is 12.1 Å². The average Bonchev–Trinajstić information content (AvgIpc) is 2.74. The molecule has 0 saturated carbocycles. The number of nitrogens with zero attached hydrogens (tertiary/aromatic N) is 1. The van der Waals surface area contributed by atoms with Crippen molar-refractivity contribution in [3.8, 4) is 0 Å². The molecule has 16 heavy (non-hydrogen) atoms. The second-order valence-electron chi connectivity index (χ2n) is 3.33. The number of nitrogen functional groups attached to an aromatic ring is 1. The molecular formula is C11H12FN3S. The number of hydrogen-bond acceptors (Lipinski definition) is 4. The number of hydrogen-bond donors (Lipinski definition) is 2. The molecule has 0 radical (unpaired) electrons. The van der Waals surface area contributed by atoms with Crippen LogP contribution in [0, 0.1) is 5.82 Å². The first-order chi connectivity index (χ1) is 7.75. The van der Waals surface area contributed by atoms with E-state index in [0.29, 0.717) is 5.69 Å². The molecule has 2 rings (SSSR count). The zero-order valence-electron chi connectivity index (χ0n) is 8.61. The van der Waals surface area contributed by atoms with Gasteiger partial charge in [-0.2, -0.15) is 0 Å². The van der Waals surface area contributed by atoms with E-state index >= 15 is 0 Å². The molecule has 0 atom stereocenters. The number of halogens is 1. The Labute approximate surface area is 97.1 Å². The van der Waals surface area contributed by atoms with Crippen LogP contribution in [-0.2, 0) is 6.42 Å². The van der Waals surface area contributed by atoms with Crippen LogP contribution in [0.1, 0.15) is 5.01 Å². The maximum atomic E-state index is 12.8. The van der Waals surface area contributed by atoms with Crippen molar-refractivity contribution in [1.29, 1.82) is 0 Å². The lowest BCUT2D eigenvalue weighted by molar-refractivity contribution is 0.628. The van der Waals surface area contributed by atoms with Crippen molar-refractivity contribution in [2.24, 2.45) is 0 Å². The van der Waals surface area contributed by atoms with Gasteiger partial charge in [-0.15, -0.1) is 11.3 Å². The lowest BCUT2D eigenvalue weighted by atomic mass is 10.2. The van der Waals surface area contributed by atoms with Gasteiger partial charge in [-0.25, -0.2) is 9.37 Å². The van der Waals surface area contributed by atoms with E-state index in [0.717, 1.165) is 23.7 Å². The van der Waals surface area contributed by atoms with Gasteiger partial charge >= 0.3 is 0 Å². The molecule has 0 amide bonds. The molecule has 1 aromatic carbocycles. The van der Waals surface area contributed by atoms with E-state index in [1.807, 2.05) is 5.38 Å². The fourth-order valence-corrected chi connectivity index (χ4v) is 2.00. The van der Waals surface area contributed by atoms with Crippen molar-refractivity contribution in [3.05, 3.63) is 40.6 Å². The van der Waals surface area contributed by atoms with E-state index in [1.54, 1.807) is 23.6 Å². The first-order valence-corrected chi connectivity index (χ1v) is 5.81. The zero-order chi connectivity index (χ0) is 11.4. The highest BCUT2D eigenvalue weighted by Crippen LogP contribution is 2.19. The van der Waals surface area contributed by atoms with Crippen molar-refractivity contribution in [2.75, 3.05) is 17.6 Å². The Morgan fingerprint density at radius 1 is 1.44 bits per heavy atom. The predicted octanol–water partition coefficient (Wildman–Crippen LogP) is 2.52. The lowest BCUT2D eigenvalue weighted by Gasteiger charge is -2.08. The van der Waals surface area contributed by atoms with Crippen molar-refractivity contribution in [2.45, 2.75) is 6.42 Å². The molecule has 0 saturated heterocycles. The highest BCUT2D eigenvalue weighted by molar-refractivity contribution is 7.09. The van der Waals surface area contributed by atoms with Crippen LogP contribution < -0.4 is 11.1 Å². The van der Waals surface area contributed by atoms with Crippen molar-refractivity contribution >= 4 is 22.7 Å². The minimum absolute atomic E-state index is 0.317. The quantitative estimate of drug-likeness (QED) is 0.803. The van der Waals surface area contributed by atoms with E-state index in [4.69, 9.17) is 5.73 Å². The number of aromatic nitrogens is 1. The standard InChI is InChI=1S/C11H12FN3S/c12-8-1-2-10(9(13)7-8)14-4-3-11-15-5-6-16-11/h1-2,5-7,14H,3-4,13H2. The van der Waals surface area contributed by atoms with Crippen molar-refractivity contribution < 1.29 is 4.39 Å². The second kappa shape index (κ2) is 4.94. The number of thiazole rings is 1. The molecule has 0 fully saturated rings. The monoisotopic (exact) mass is 237 g/mol. The fourth-order valence-electron chi connectivity index (χ4n) is 1.38. The summed E-state index contributed by atoms with van der Waals surface area (Å²) < 4.78 is 12.8. The van der Waals surface area contributed by atoms with Crippen LogP contribution in [0.15, 0.2) is 29.8 Å². The highest BCUT2D eigenvalue weighted by Gasteiger charge is 2.00. The Morgan fingerprint density at radius 2 is 2.31 bits per heavy atom. The normalized spacial score (nSPS) is 10.3. The molecule has 3 nitrogen and oxygen atoms in total. The Morgan fingerprint density at radius 3 is 3.00 bits per heavy atom. The molecule has 1 heterocycles. The number of nitrogens with one attached hydrogen (secondary N) is 1. The summed E-state index contributed by atoms with van der Waals surface area (Å²) in [5.41, 5.74) is 6.86. The molecule has 5 heteroatoms. The summed E-state index contributed by atoms with van der Waals surface area (Å²) in [4.78, 5) is 4.17. The van der Waals surface area contributed by atoms with Crippen LogP contribution in [0.5, 0.6) is 0 Å². The lowest BCUT2D eigenvalue weighted by Crippen LogP contribution is -2.06. The fraction of sp³-hybridized carbons (Fsp3) is 0.182. The third-order valence-corrected chi connectivity index (χ3v) is 2.99. The van der Waals surface area contributed by atoms with Gasteiger partial charge in [0.25, 0.3) is 0 Å². The molecule has 0 spiro atoms. The number of benzene rings is 1. The smallest absolute Gasteiger partial charge is 0.125 e. The summed E-state index contributed by atoms with van der Waals surface area (Å²) in [6.45, 7) is 0.739. The van der Waals surface area contributed by atoms with Gasteiger partial charge in [0.05, 0.1) is 16.4 Å². The molecule has 0 bridgehead atoms. The molecule has 0 aliphatic rings. The number of anilines is 2. The largest absolute Gasteiger partial charge is 0.397 e. The Bertz CT molecular complexity index is 456. The first-order valence-electron chi connectivity index (χ1n) is 4.93. The van der Waals surface area contributed by atoms with Crippen LogP contribution in [0.25, 0.3) is 0 Å². The van der Waals surface area contributed by atoms with E-state index < -0.39 is 0 Å². The topological polar surface area (TPSA) is 50.9 Å². The molecule has 0 unspecified atom stereocenters. The predicted molar refractivity (Wildman–Crippen MR) is 65.1 cm³/mol. The summed E-state index contributed by atoms with van der Waals surface area (Å²) in [6, 6.07) is 4.35. The Balaban J connectivity index is 1.90. The van der Waals surface area contributed by atoms with Crippen LogP contribution >= 0.6 is 11.3 Å². The van der Waals surface area contributed by atoms with Gasteiger partial charge in [0.15, 0.2) is 0 Å². The summed E-state index contributed by atoms with van der Waals surface area (Å²) in [5, 5.41) is 6.18. The SMILES string of the molecule is Nc1cc(F)ccc1NCCc1nccs1. The summed E-state index contributed by atoms with van der Waals surface area (Å²) in [5.74, 6) is -0.317. The molecule has 2 aromatic rings. The van der Waals surface area contributed by atoms with E-state index in [-0.39, 0.29) is 5.82 Å². The highest BCUT2D eigenvalue weighted by atomic mass is 32.1. The second-order valence-corrected chi connectivity index (χ2v) is 4.31. The van der Waals surface area contributed by atoms with Gasteiger partial charge in [0, 0.05) is 24.5 Å². The Kier molecular flexibility index (Phi) is 3.36. The Hall–Kier alpha value is -1.62. The van der Waals surface area contributed by atoms with Crippen molar-refractivity contribution in [3.63, 3.8) is 0 Å². The summed E-state index contributed by atoms with van der Waals surface area (Å²) in [7, 11) is 0. The van der Waals surface area contributed by atoms with Crippen LogP contribution in [0.3, 0.4) is 0 Å². The van der Waals surface area contributed by atoms with E-state index in [9.17, 15) is 4.39 Å². The molecule has 0 aliphatic heterocycles. The molecule has 1 aromatic heterocycles. The molecule has 3 N–H and O–H groups in total. The molecule has 84 valence electrons. The number of rotatable bonds is 4. The van der Waals surface area contributed by atoms with E-state index in [2.05, 4.69) is 10.3 Å². The average molecular weight is 237 g/mol. The van der Waals surface area contributed by atoms with Gasteiger partial charge in [-0.3, -0.25) is 0 Å². The molecule has 0 aliphatic carbocycles. The van der Waals surface area contributed by atoms with Crippen LogP contribution in [0.2, 0.25) is 0 Å². The van der Waals surface area contributed by atoms with Gasteiger partial charge in [-0.1, -0.05) is 0 Å². The van der Waals surface area contributed by atoms with Gasteiger partial charge in [-0.05, 0) is 18.2 Å². The molecular weight excluding hydrogens is 225 g/mol. The summed E-state index contributed by atoms with van der Waals surface area (Å²) >= 11 is 1.62. The minimum Gasteiger partial charge on any atom is -0.397 e. The number of nitrogens with two attached hydrogens (primary N) is 1. The third-order valence-electron chi connectivity index (χ3n) is 2.15. The third kappa shape index (κ3) is 2.70. The minimum atomic E-state index is -0.317. The van der Waals surface area contributed by atoms with Crippen LogP contribution in [0.4, 0.5) is 15.8 Å². The summed E-state index contributed by atoms with van der Waals surface area (Å²) in [6.07, 6.45) is 2.63. The van der Waals surface area contributed by atoms with Crippen LogP contribution in [-0.4, -0.2) is 11.5 Å². The maximum Gasteiger partial charge on any atom is 0.125 e. The van der Waals surface area contributed by atoms with Gasteiger partial charge in [0.2, 0.25) is 0 Å².